The van der Waals surface area contributed by atoms with Gasteiger partial charge in [0, 0.05) is 0 Å². The van der Waals surface area contributed by atoms with Crippen LogP contribution in [0.3, 0.4) is 0 Å². The van der Waals surface area contributed by atoms with E-state index in [0.717, 1.165) is 0 Å². The molecule has 1 heterocycles. The lowest BCUT2D eigenvalue weighted by molar-refractivity contribution is 0.328. The van der Waals surface area contributed by atoms with E-state index in [1.54, 1.807) is 23.1 Å². The maximum Gasteiger partial charge on any atom is 0.285 e. The van der Waals surface area contributed by atoms with E-state index < -0.39 is 10.0 Å². The molecule has 0 atom stereocenters. The second-order valence-electron chi connectivity index (χ2n) is 4.66. The molecule has 0 N–H and O–H groups in total. The van der Waals surface area contributed by atoms with Crippen LogP contribution in [0.2, 0.25) is 0 Å². The summed E-state index contributed by atoms with van der Waals surface area (Å²) in [5, 5.41) is 0. The van der Waals surface area contributed by atoms with E-state index in [1.807, 2.05) is 0 Å². The van der Waals surface area contributed by atoms with Gasteiger partial charge >= 0.3 is 0 Å². The number of hydrogen-bond donors (Lipinski definition) is 0. The summed E-state index contributed by atoms with van der Waals surface area (Å²) in [6, 6.07) is 12.4. The number of rotatable bonds is 4. The Morgan fingerprint density at radius 2 is 1.82 bits per heavy atom. The molecule has 0 unspecified atom stereocenters. The van der Waals surface area contributed by atoms with Gasteiger partial charge in [-0.1, -0.05) is 12.1 Å². The molecule has 5 nitrogen and oxygen atoms in total. The van der Waals surface area contributed by atoms with Crippen molar-refractivity contribution in [1.29, 1.82) is 0 Å². The highest BCUT2D eigenvalue weighted by Gasteiger charge is 2.24. The van der Waals surface area contributed by atoms with Crippen molar-refractivity contribution in [1.82, 2.24) is 0 Å². The van der Waals surface area contributed by atoms with Gasteiger partial charge in [0.05, 0.1) is 12.2 Å². The van der Waals surface area contributed by atoms with E-state index in [9.17, 15) is 12.8 Å². The van der Waals surface area contributed by atoms with Crippen molar-refractivity contribution in [2.45, 2.75) is 4.90 Å². The molecule has 114 valence electrons. The van der Waals surface area contributed by atoms with Crippen LogP contribution >= 0.6 is 0 Å². The zero-order valence-electron chi connectivity index (χ0n) is 11.5. The van der Waals surface area contributed by atoms with Crippen LogP contribution in [0, 0.1) is 5.82 Å². The molecular formula is C15H13FN2O3S. The van der Waals surface area contributed by atoms with Crippen molar-refractivity contribution in [2.75, 3.05) is 18.1 Å². The first kappa shape index (κ1) is 14.5. The molecule has 0 radical (unpaired) electrons. The van der Waals surface area contributed by atoms with E-state index in [1.165, 1.54) is 36.7 Å². The SMILES string of the molecule is O=S1(=O)N=CN(CCOc2ccc(F)cc2)c2ccccc21. The van der Waals surface area contributed by atoms with Crippen molar-refractivity contribution in [3.8, 4) is 5.75 Å². The molecule has 0 saturated carbocycles. The number of ether oxygens (including phenoxy) is 1. The number of para-hydroxylation sites is 1. The van der Waals surface area contributed by atoms with Gasteiger partial charge in [0.1, 0.15) is 29.4 Å². The minimum absolute atomic E-state index is 0.180. The largest absolute Gasteiger partial charge is 0.492 e. The summed E-state index contributed by atoms with van der Waals surface area (Å²) < 4.78 is 45.6. The third-order valence-corrected chi connectivity index (χ3v) is 4.47. The molecule has 2 aromatic rings. The summed E-state index contributed by atoms with van der Waals surface area (Å²) in [5.74, 6) is 0.228. The highest BCUT2D eigenvalue weighted by molar-refractivity contribution is 7.90. The van der Waals surface area contributed by atoms with Crippen LogP contribution in [0.5, 0.6) is 5.75 Å². The quantitative estimate of drug-likeness (QED) is 0.868. The number of benzene rings is 2. The number of anilines is 1. The molecule has 0 aromatic heterocycles. The minimum atomic E-state index is -3.61. The van der Waals surface area contributed by atoms with Gasteiger partial charge in [0.25, 0.3) is 10.0 Å². The van der Waals surface area contributed by atoms with E-state index in [0.29, 0.717) is 24.6 Å². The molecule has 0 amide bonds. The predicted octanol–water partition coefficient (Wildman–Crippen LogP) is 2.44. The molecular weight excluding hydrogens is 307 g/mol. The molecule has 0 bridgehead atoms. The lowest BCUT2D eigenvalue weighted by Crippen LogP contribution is -2.31. The monoisotopic (exact) mass is 320 g/mol. The summed E-state index contributed by atoms with van der Waals surface area (Å²) in [6.45, 7) is 0.736. The van der Waals surface area contributed by atoms with Gasteiger partial charge in [0.15, 0.2) is 0 Å². The Hall–Kier alpha value is -2.41. The highest BCUT2D eigenvalue weighted by atomic mass is 32.2. The van der Waals surface area contributed by atoms with E-state index in [4.69, 9.17) is 4.74 Å². The molecule has 0 saturated heterocycles. The Morgan fingerprint density at radius 3 is 2.59 bits per heavy atom. The average molecular weight is 320 g/mol. The Labute approximate surface area is 127 Å². The molecule has 1 aliphatic heterocycles. The first-order valence-corrected chi connectivity index (χ1v) is 8.05. The first-order chi connectivity index (χ1) is 10.6. The molecule has 0 aliphatic carbocycles. The van der Waals surface area contributed by atoms with Gasteiger partial charge in [-0.25, -0.2) is 4.39 Å². The number of sulfonamides is 1. The molecule has 22 heavy (non-hydrogen) atoms. The van der Waals surface area contributed by atoms with Gasteiger partial charge in [0.2, 0.25) is 0 Å². The van der Waals surface area contributed by atoms with Crippen LogP contribution < -0.4 is 9.64 Å². The number of hydrogen-bond acceptors (Lipinski definition) is 4. The summed E-state index contributed by atoms with van der Waals surface area (Å²) in [5.41, 5.74) is 0.570. The first-order valence-electron chi connectivity index (χ1n) is 6.61. The van der Waals surface area contributed by atoms with Crippen molar-refractivity contribution in [2.24, 2.45) is 4.40 Å². The number of nitrogens with zero attached hydrogens (tertiary/aromatic N) is 2. The Bertz CT molecular complexity index is 804. The lowest BCUT2D eigenvalue weighted by Gasteiger charge is -2.24. The van der Waals surface area contributed by atoms with Crippen molar-refractivity contribution in [3.63, 3.8) is 0 Å². The van der Waals surface area contributed by atoms with E-state index >= 15 is 0 Å². The molecule has 0 spiro atoms. The Kier molecular flexibility index (Phi) is 3.81. The van der Waals surface area contributed by atoms with Crippen LogP contribution in [-0.4, -0.2) is 27.9 Å². The predicted molar refractivity (Wildman–Crippen MR) is 81.4 cm³/mol. The summed E-state index contributed by atoms with van der Waals surface area (Å²) >= 11 is 0. The second-order valence-corrected chi connectivity index (χ2v) is 6.26. The van der Waals surface area contributed by atoms with Crippen molar-refractivity contribution < 1.29 is 17.5 Å². The van der Waals surface area contributed by atoms with Crippen LogP contribution in [0.4, 0.5) is 10.1 Å². The lowest BCUT2D eigenvalue weighted by atomic mass is 10.3. The maximum atomic E-state index is 12.8. The van der Waals surface area contributed by atoms with E-state index in [2.05, 4.69) is 4.40 Å². The maximum absolute atomic E-state index is 12.8. The smallest absolute Gasteiger partial charge is 0.285 e. The number of halogens is 1. The third-order valence-electron chi connectivity index (χ3n) is 3.19. The second kappa shape index (κ2) is 5.76. The van der Waals surface area contributed by atoms with Crippen LogP contribution in [-0.2, 0) is 10.0 Å². The normalized spacial score (nSPS) is 15.4. The fourth-order valence-electron chi connectivity index (χ4n) is 2.12. The standard InChI is InChI=1S/C15H13FN2O3S/c16-12-5-7-13(8-6-12)21-10-9-18-11-17-22(19,20)15-4-2-1-3-14(15)18/h1-8,11H,9-10H2. The van der Waals surface area contributed by atoms with E-state index in [-0.39, 0.29) is 10.7 Å². The van der Waals surface area contributed by atoms with Gasteiger partial charge in [-0.15, -0.1) is 4.40 Å². The Balaban J connectivity index is 1.70. The van der Waals surface area contributed by atoms with Crippen LogP contribution in [0.15, 0.2) is 57.8 Å². The van der Waals surface area contributed by atoms with Gasteiger partial charge in [-0.2, -0.15) is 8.42 Å². The van der Waals surface area contributed by atoms with Gasteiger partial charge < -0.3 is 9.64 Å². The summed E-state index contributed by atoms with van der Waals surface area (Å²) in [6.07, 6.45) is 1.28. The third kappa shape index (κ3) is 2.94. The molecule has 7 heteroatoms. The molecule has 0 fully saturated rings. The molecule has 1 aliphatic rings. The molecule has 2 aromatic carbocycles. The van der Waals surface area contributed by atoms with Gasteiger partial charge in [-0.05, 0) is 36.4 Å². The average Bonchev–Trinajstić information content (AvgIpc) is 2.52. The Morgan fingerprint density at radius 1 is 1.09 bits per heavy atom. The van der Waals surface area contributed by atoms with Crippen molar-refractivity contribution in [3.05, 3.63) is 54.3 Å². The topological polar surface area (TPSA) is 59.0 Å². The zero-order chi connectivity index (χ0) is 15.6. The zero-order valence-corrected chi connectivity index (χ0v) is 12.3. The van der Waals surface area contributed by atoms with Gasteiger partial charge in [-0.3, -0.25) is 0 Å². The minimum Gasteiger partial charge on any atom is -0.492 e. The summed E-state index contributed by atoms with van der Waals surface area (Å²) in [7, 11) is -3.61. The fraction of sp³-hybridized carbons (Fsp3) is 0.133. The highest BCUT2D eigenvalue weighted by Crippen LogP contribution is 2.28. The fourth-order valence-corrected chi connectivity index (χ4v) is 3.17. The number of fused-ring (bicyclic) bond motifs is 1. The summed E-state index contributed by atoms with van der Waals surface area (Å²) in [4.78, 5) is 1.89. The molecule has 3 rings (SSSR count). The van der Waals surface area contributed by atoms with Crippen LogP contribution in [0.25, 0.3) is 0 Å². The van der Waals surface area contributed by atoms with Crippen molar-refractivity contribution >= 4 is 22.0 Å². The van der Waals surface area contributed by atoms with Crippen LogP contribution in [0.1, 0.15) is 0 Å².